The molecular weight excluding hydrogens is 424 g/mol. The van der Waals surface area contributed by atoms with Gasteiger partial charge in [0.05, 0.1) is 6.61 Å². The highest BCUT2D eigenvalue weighted by Crippen LogP contribution is 2.16. The van der Waals surface area contributed by atoms with Crippen molar-refractivity contribution in [3.8, 4) is 0 Å². The Morgan fingerprint density at radius 1 is 1.19 bits per heavy atom. The summed E-state index contributed by atoms with van der Waals surface area (Å²) < 4.78 is 5.74. The molecule has 2 aromatic rings. The van der Waals surface area contributed by atoms with Gasteiger partial charge in [0.25, 0.3) is 0 Å². The van der Waals surface area contributed by atoms with E-state index >= 15 is 0 Å². The Bertz CT molecular complexity index is 779. The lowest BCUT2D eigenvalue weighted by Gasteiger charge is -2.07. The molecule has 1 aromatic carbocycles. The molecule has 1 heterocycles. The van der Waals surface area contributed by atoms with Gasteiger partial charge in [0.15, 0.2) is 10.8 Å². The molecule has 0 bridgehead atoms. The standard InChI is InChI=1S/C16H17BrN4O4S/c1-2-25-14(23)12-9-26-16(20-12)21-13(22)7-8-18-15(24)19-11-5-3-10(17)4-6-11/h3-6,9H,2,7-8H2,1H3,(H2,18,19,24)(H,20,21,22). The van der Waals surface area contributed by atoms with Gasteiger partial charge in [0.1, 0.15) is 0 Å². The number of thiazole rings is 1. The summed E-state index contributed by atoms with van der Waals surface area (Å²) in [5.74, 6) is -0.853. The van der Waals surface area contributed by atoms with Crippen molar-refractivity contribution in [1.82, 2.24) is 10.3 Å². The summed E-state index contributed by atoms with van der Waals surface area (Å²) in [4.78, 5) is 39.1. The highest BCUT2D eigenvalue weighted by molar-refractivity contribution is 9.10. The van der Waals surface area contributed by atoms with Gasteiger partial charge in [0.2, 0.25) is 5.91 Å². The average Bonchev–Trinajstić information content (AvgIpc) is 3.05. The predicted octanol–water partition coefficient (Wildman–Crippen LogP) is 3.23. The molecule has 3 N–H and O–H groups in total. The van der Waals surface area contributed by atoms with E-state index < -0.39 is 12.0 Å². The normalized spacial score (nSPS) is 10.1. The number of anilines is 2. The molecule has 0 atom stereocenters. The molecule has 0 saturated carbocycles. The Kier molecular flexibility index (Phi) is 7.54. The van der Waals surface area contributed by atoms with E-state index in [1.807, 2.05) is 12.1 Å². The van der Waals surface area contributed by atoms with E-state index in [1.165, 1.54) is 5.38 Å². The van der Waals surface area contributed by atoms with Crippen LogP contribution in [-0.4, -0.2) is 36.0 Å². The third-order valence-corrected chi connectivity index (χ3v) is 4.26. The number of urea groups is 1. The number of rotatable bonds is 7. The second-order valence-electron chi connectivity index (χ2n) is 4.94. The Balaban J connectivity index is 1.70. The quantitative estimate of drug-likeness (QED) is 0.572. The number of amides is 3. The summed E-state index contributed by atoms with van der Waals surface area (Å²) in [6.45, 7) is 2.11. The van der Waals surface area contributed by atoms with Crippen LogP contribution in [0.5, 0.6) is 0 Å². The molecule has 0 aliphatic heterocycles. The van der Waals surface area contributed by atoms with Gasteiger partial charge in [-0.2, -0.15) is 0 Å². The van der Waals surface area contributed by atoms with Gasteiger partial charge >= 0.3 is 12.0 Å². The Labute approximate surface area is 162 Å². The molecule has 0 unspecified atom stereocenters. The first-order chi connectivity index (χ1) is 12.5. The number of halogens is 1. The number of nitrogens with zero attached hydrogens (tertiary/aromatic N) is 1. The third kappa shape index (κ3) is 6.45. The van der Waals surface area contributed by atoms with Crippen molar-refractivity contribution < 1.29 is 19.1 Å². The van der Waals surface area contributed by atoms with Gasteiger partial charge < -0.3 is 20.7 Å². The minimum absolute atomic E-state index is 0.0715. The van der Waals surface area contributed by atoms with Crippen molar-refractivity contribution in [2.45, 2.75) is 13.3 Å². The fourth-order valence-electron chi connectivity index (χ4n) is 1.81. The Morgan fingerprint density at radius 3 is 2.62 bits per heavy atom. The molecular formula is C16H17BrN4O4S. The number of hydrogen-bond donors (Lipinski definition) is 3. The number of nitrogens with one attached hydrogen (secondary N) is 3. The molecule has 10 heteroatoms. The van der Waals surface area contributed by atoms with Crippen molar-refractivity contribution >= 4 is 56.0 Å². The minimum atomic E-state index is -0.532. The summed E-state index contributed by atoms with van der Waals surface area (Å²) in [5, 5.41) is 9.63. The molecule has 138 valence electrons. The van der Waals surface area contributed by atoms with E-state index in [9.17, 15) is 14.4 Å². The van der Waals surface area contributed by atoms with Crippen LogP contribution in [0.15, 0.2) is 34.1 Å². The fourth-order valence-corrected chi connectivity index (χ4v) is 2.77. The summed E-state index contributed by atoms with van der Waals surface area (Å²) >= 11 is 4.44. The molecule has 26 heavy (non-hydrogen) atoms. The first-order valence-electron chi connectivity index (χ1n) is 7.71. The van der Waals surface area contributed by atoms with Crippen LogP contribution >= 0.6 is 27.3 Å². The largest absolute Gasteiger partial charge is 0.461 e. The zero-order chi connectivity index (χ0) is 18.9. The summed E-state index contributed by atoms with van der Waals surface area (Å²) in [7, 11) is 0. The molecule has 0 saturated heterocycles. The monoisotopic (exact) mass is 440 g/mol. The number of benzene rings is 1. The smallest absolute Gasteiger partial charge is 0.357 e. The molecule has 1 aromatic heterocycles. The van der Waals surface area contributed by atoms with Crippen molar-refractivity contribution in [2.24, 2.45) is 0 Å². The summed E-state index contributed by atoms with van der Waals surface area (Å²) in [6.07, 6.45) is 0.0715. The molecule has 2 rings (SSSR count). The average molecular weight is 441 g/mol. The molecule has 0 aliphatic rings. The Hall–Kier alpha value is -2.46. The summed E-state index contributed by atoms with van der Waals surface area (Å²) in [6, 6.07) is 6.71. The molecule has 0 spiro atoms. The second-order valence-corrected chi connectivity index (χ2v) is 6.72. The Morgan fingerprint density at radius 2 is 1.92 bits per heavy atom. The number of carbonyl (C=O) groups is 3. The molecule has 0 radical (unpaired) electrons. The first-order valence-corrected chi connectivity index (χ1v) is 9.38. The van der Waals surface area contributed by atoms with Crippen molar-refractivity contribution in [2.75, 3.05) is 23.8 Å². The zero-order valence-corrected chi connectivity index (χ0v) is 16.3. The highest BCUT2D eigenvalue weighted by atomic mass is 79.9. The van der Waals surface area contributed by atoms with Crippen molar-refractivity contribution in [1.29, 1.82) is 0 Å². The molecule has 0 fully saturated rings. The topological polar surface area (TPSA) is 109 Å². The van der Waals surface area contributed by atoms with Gasteiger partial charge in [-0.25, -0.2) is 14.6 Å². The SMILES string of the molecule is CCOC(=O)c1csc(NC(=O)CCNC(=O)Nc2ccc(Br)cc2)n1. The predicted molar refractivity (Wildman–Crippen MR) is 102 cm³/mol. The maximum atomic E-state index is 11.9. The van der Waals surface area contributed by atoms with Crippen molar-refractivity contribution in [3.05, 3.63) is 39.8 Å². The lowest BCUT2D eigenvalue weighted by molar-refractivity contribution is -0.116. The van der Waals surface area contributed by atoms with Gasteiger partial charge in [-0.05, 0) is 31.2 Å². The fraction of sp³-hybridized carbons (Fsp3) is 0.250. The van der Waals surface area contributed by atoms with Crippen LogP contribution in [0.25, 0.3) is 0 Å². The van der Waals surface area contributed by atoms with E-state index in [0.29, 0.717) is 10.8 Å². The number of carbonyl (C=O) groups excluding carboxylic acids is 3. The van der Waals surface area contributed by atoms with E-state index in [4.69, 9.17) is 4.74 Å². The number of hydrogen-bond acceptors (Lipinski definition) is 6. The van der Waals surface area contributed by atoms with Crippen LogP contribution < -0.4 is 16.0 Å². The van der Waals surface area contributed by atoms with E-state index in [2.05, 4.69) is 36.9 Å². The molecule has 8 nitrogen and oxygen atoms in total. The number of ether oxygens (including phenoxy) is 1. The highest BCUT2D eigenvalue weighted by Gasteiger charge is 2.13. The van der Waals surface area contributed by atoms with Crippen LogP contribution in [0.3, 0.4) is 0 Å². The van der Waals surface area contributed by atoms with E-state index in [-0.39, 0.29) is 31.2 Å². The first kappa shape index (κ1) is 19.9. The number of esters is 1. The molecule has 0 aliphatic carbocycles. The minimum Gasteiger partial charge on any atom is -0.461 e. The lowest BCUT2D eigenvalue weighted by Crippen LogP contribution is -2.31. The summed E-state index contributed by atoms with van der Waals surface area (Å²) in [5.41, 5.74) is 0.795. The second kappa shape index (κ2) is 9.88. The maximum Gasteiger partial charge on any atom is 0.357 e. The van der Waals surface area contributed by atoms with Crippen molar-refractivity contribution in [3.63, 3.8) is 0 Å². The van der Waals surface area contributed by atoms with Crippen LogP contribution in [0.1, 0.15) is 23.8 Å². The van der Waals surface area contributed by atoms with Gasteiger partial charge in [-0.15, -0.1) is 11.3 Å². The van der Waals surface area contributed by atoms with Crippen LogP contribution in [-0.2, 0) is 9.53 Å². The number of aromatic nitrogens is 1. The third-order valence-electron chi connectivity index (χ3n) is 2.97. The maximum absolute atomic E-state index is 11.9. The van der Waals surface area contributed by atoms with Crippen LogP contribution in [0.4, 0.5) is 15.6 Å². The van der Waals surface area contributed by atoms with Gasteiger partial charge in [-0.1, -0.05) is 15.9 Å². The lowest BCUT2D eigenvalue weighted by atomic mass is 10.3. The van der Waals surface area contributed by atoms with Crippen LogP contribution in [0.2, 0.25) is 0 Å². The van der Waals surface area contributed by atoms with Gasteiger partial charge in [0, 0.05) is 28.5 Å². The van der Waals surface area contributed by atoms with E-state index in [1.54, 1.807) is 19.1 Å². The van der Waals surface area contributed by atoms with Crippen LogP contribution in [0, 0.1) is 0 Å². The molecule has 3 amide bonds. The zero-order valence-electron chi connectivity index (χ0n) is 13.9. The van der Waals surface area contributed by atoms with Gasteiger partial charge in [-0.3, -0.25) is 4.79 Å². The van der Waals surface area contributed by atoms with E-state index in [0.717, 1.165) is 15.8 Å².